The molecule has 0 radical (unpaired) electrons. The summed E-state index contributed by atoms with van der Waals surface area (Å²) in [5, 5.41) is 2.55. The summed E-state index contributed by atoms with van der Waals surface area (Å²) in [7, 11) is -3.75. The van der Waals surface area contributed by atoms with Crippen LogP contribution in [0.2, 0.25) is 0 Å². The van der Waals surface area contributed by atoms with E-state index in [-0.39, 0.29) is 38.1 Å². The van der Waals surface area contributed by atoms with Gasteiger partial charge in [-0.1, -0.05) is 73.5 Å². The number of benzene rings is 2. The van der Waals surface area contributed by atoms with Crippen molar-refractivity contribution in [3.05, 3.63) is 71.8 Å². The van der Waals surface area contributed by atoms with Gasteiger partial charge in [0.2, 0.25) is 7.37 Å². The zero-order valence-corrected chi connectivity index (χ0v) is 19.6. The Hall–Kier alpha value is -2.63. The summed E-state index contributed by atoms with van der Waals surface area (Å²) in [6.07, 6.45) is 3.21. The van der Waals surface area contributed by atoms with E-state index >= 15 is 0 Å². The van der Waals surface area contributed by atoms with Gasteiger partial charge in [-0.15, -0.1) is 0 Å². The van der Waals surface area contributed by atoms with Gasteiger partial charge in [-0.2, -0.15) is 0 Å². The van der Waals surface area contributed by atoms with Crippen molar-refractivity contribution in [2.45, 2.75) is 57.5 Å². The third-order valence-electron chi connectivity index (χ3n) is 5.84. The fraction of sp³-hybridized carbons (Fsp3) is 0.440. The minimum absolute atomic E-state index is 0.00849. The summed E-state index contributed by atoms with van der Waals surface area (Å²) in [6, 6.07) is 18.5. The van der Waals surface area contributed by atoms with Gasteiger partial charge in [0.15, 0.2) is 0 Å². The smallest absolute Gasteiger partial charge is 0.408 e. The summed E-state index contributed by atoms with van der Waals surface area (Å²) in [4.78, 5) is 35.5. The fourth-order valence-electron chi connectivity index (χ4n) is 4.03. The Labute approximate surface area is 194 Å². The van der Waals surface area contributed by atoms with Crippen molar-refractivity contribution in [2.24, 2.45) is 5.92 Å². The molecule has 2 aromatic rings. The molecule has 0 aromatic heterocycles. The molecule has 1 amide bonds. The molecule has 0 heterocycles. The van der Waals surface area contributed by atoms with Gasteiger partial charge in [-0.05, 0) is 36.3 Å². The molecule has 2 atom stereocenters. The maximum Gasteiger partial charge on any atom is 0.408 e. The summed E-state index contributed by atoms with van der Waals surface area (Å²) >= 11 is 0. The van der Waals surface area contributed by atoms with Crippen molar-refractivity contribution in [1.82, 2.24) is 5.32 Å². The van der Waals surface area contributed by atoms with Crippen LogP contribution in [-0.4, -0.2) is 28.9 Å². The van der Waals surface area contributed by atoms with Crippen LogP contribution in [0, 0.1) is 5.92 Å². The van der Waals surface area contributed by atoms with Gasteiger partial charge >= 0.3 is 12.1 Å². The molecule has 1 aliphatic carbocycles. The average molecular weight is 474 g/mol. The number of nitrogens with one attached hydrogen (secondary N) is 1. The molecule has 1 aliphatic rings. The van der Waals surface area contributed by atoms with Crippen LogP contribution in [0.3, 0.4) is 0 Å². The molecule has 3 rings (SSSR count). The van der Waals surface area contributed by atoms with E-state index in [0.29, 0.717) is 0 Å². The van der Waals surface area contributed by atoms with Crippen molar-refractivity contribution in [3.63, 3.8) is 0 Å². The third kappa shape index (κ3) is 8.67. The molecule has 0 bridgehead atoms. The molecule has 2 unspecified atom stereocenters. The lowest BCUT2D eigenvalue weighted by Crippen LogP contribution is -2.36. The van der Waals surface area contributed by atoms with Gasteiger partial charge in [0.25, 0.3) is 0 Å². The molecule has 2 N–H and O–H groups in total. The van der Waals surface area contributed by atoms with E-state index in [1.807, 2.05) is 60.7 Å². The lowest BCUT2D eigenvalue weighted by molar-refractivity contribution is -0.145. The molecule has 2 aromatic carbocycles. The second-order valence-electron chi connectivity index (χ2n) is 8.50. The van der Waals surface area contributed by atoms with Gasteiger partial charge in [0.1, 0.15) is 19.0 Å². The SMILES string of the molecule is O=C(CCC(NC(=O)OCc1ccccc1)P(=O)(O)CC1CCCC1)OCc1ccccc1. The number of hydrogen-bond donors (Lipinski definition) is 2. The molecule has 0 aliphatic heterocycles. The summed E-state index contributed by atoms with van der Waals surface area (Å²) < 4.78 is 23.7. The minimum atomic E-state index is -3.75. The maximum atomic E-state index is 13.2. The van der Waals surface area contributed by atoms with Gasteiger partial charge in [0.05, 0.1) is 0 Å². The van der Waals surface area contributed by atoms with Crippen LogP contribution in [0.15, 0.2) is 60.7 Å². The van der Waals surface area contributed by atoms with E-state index in [9.17, 15) is 19.0 Å². The van der Waals surface area contributed by atoms with Crippen LogP contribution in [0.25, 0.3) is 0 Å². The summed E-state index contributed by atoms with van der Waals surface area (Å²) in [6.45, 7) is 0.187. The number of carbonyl (C=O) groups is 2. The lowest BCUT2D eigenvalue weighted by atomic mass is 10.1. The first kappa shape index (κ1) is 25.0. The molecule has 33 heavy (non-hydrogen) atoms. The van der Waals surface area contributed by atoms with Crippen molar-refractivity contribution in [2.75, 3.05) is 6.16 Å². The van der Waals surface area contributed by atoms with Crippen LogP contribution < -0.4 is 5.32 Å². The standard InChI is InChI=1S/C25H32NO6P/c27-24(31-17-20-9-3-1-4-10-20)16-15-23(33(29,30)19-22-13-7-8-14-22)26-25(28)32-18-21-11-5-2-6-12-21/h1-6,9-12,22-23H,7-8,13-19H2,(H,26,28)(H,29,30). The number of carbonyl (C=O) groups excluding carboxylic acids is 2. The quantitative estimate of drug-likeness (QED) is 0.343. The highest BCUT2D eigenvalue weighted by Crippen LogP contribution is 2.51. The van der Waals surface area contributed by atoms with E-state index in [2.05, 4.69) is 5.32 Å². The number of alkyl carbamates (subject to hydrolysis) is 1. The molecule has 178 valence electrons. The first-order chi connectivity index (χ1) is 15.9. The Balaban J connectivity index is 1.56. The Morgan fingerprint density at radius 3 is 2.06 bits per heavy atom. The topological polar surface area (TPSA) is 102 Å². The highest BCUT2D eigenvalue weighted by atomic mass is 31.2. The molecule has 0 spiro atoms. The number of hydrogen-bond acceptors (Lipinski definition) is 5. The van der Waals surface area contributed by atoms with Crippen LogP contribution in [0.1, 0.15) is 49.7 Å². The summed E-state index contributed by atoms with van der Waals surface area (Å²) in [5.74, 6) is -1.38. The second kappa shape index (κ2) is 12.6. The van der Waals surface area contributed by atoms with Gasteiger partial charge in [-0.25, -0.2) is 4.79 Å². The first-order valence-electron chi connectivity index (χ1n) is 11.4. The molecule has 1 fully saturated rings. The zero-order chi connectivity index (χ0) is 23.5. The van der Waals surface area contributed by atoms with Gasteiger partial charge in [0, 0.05) is 12.6 Å². The minimum Gasteiger partial charge on any atom is -0.461 e. The van der Waals surface area contributed by atoms with Crippen LogP contribution in [-0.2, 0) is 32.0 Å². The Bertz CT molecular complexity index is 930. The largest absolute Gasteiger partial charge is 0.461 e. The van der Waals surface area contributed by atoms with Crippen molar-refractivity contribution >= 4 is 19.4 Å². The maximum absolute atomic E-state index is 13.2. The molecule has 7 nitrogen and oxygen atoms in total. The molecule has 0 saturated heterocycles. The van der Waals surface area contributed by atoms with E-state index in [1.54, 1.807) is 0 Å². The van der Waals surface area contributed by atoms with E-state index in [0.717, 1.165) is 36.8 Å². The van der Waals surface area contributed by atoms with E-state index < -0.39 is 25.2 Å². The van der Waals surface area contributed by atoms with Gasteiger partial charge in [-0.3, -0.25) is 9.36 Å². The number of rotatable bonds is 11. The Morgan fingerprint density at radius 1 is 0.939 bits per heavy atom. The molecule has 1 saturated carbocycles. The Kier molecular flexibility index (Phi) is 9.52. The second-order valence-corrected chi connectivity index (χ2v) is 11.0. The monoisotopic (exact) mass is 473 g/mol. The molecular weight excluding hydrogens is 441 g/mol. The molecule has 8 heteroatoms. The van der Waals surface area contributed by atoms with Crippen molar-refractivity contribution < 1.29 is 28.5 Å². The number of esters is 1. The predicted octanol–water partition coefficient (Wildman–Crippen LogP) is 5.22. The van der Waals surface area contributed by atoms with Crippen LogP contribution in [0.4, 0.5) is 4.79 Å². The lowest BCUT2D eigenvalue weighted by Gasteiger charge is -2.26. The van der Waals surface area contributed by atoms with Crippen LogP contribution >= 0.6 is 7.37 Å². The van der Waals surface area contributed by atoms with Gasteiger partial charge < -0.3 is 19.7 Å². The highest BCUT2D eigenvalue weighted by Gasteiger charge is 2.36. The number of amides is 1. The van der Waals surface area contributed by atoms with Crippen molar-refractivity contribution in [1.29, 1.82) is 0 Å². The average Bonchev–Trinajstić information content (AvgIpc) is 3.32. The predicted molar refractivity (Wildman–Crippen MR) is 126 cm³/mol. The normalized spacial score (nSPS) is 16.5. The third-order valence-corrected chi connectivity index (χ3v) is 8.24. The zero-order valence-electron chi connectivity index (χ0n) is 18.7. The van der Waals surface area contributed by atoms with E-state index in [1.165, 1.54) is 0 Å². The summed E-state index contributed by atoms with van der Waals surface area (Å²) in [5.41, 5.74) is 1.67. The molecular formula is C25H32NO6P. The van der Waals surface area contributed by atoms with Crippen molar-refractivity contribution in [3.8, 4) is 0 Å². The first-order valence-corrected chi connectivity index (χ1v) is 13.3. The van der Waals surface area contributed by atoms with E-state index in [4.69, 9.17) is 9.47 Å². The van der Waals surface area contributed by atoms with Crippen LogP contribution in [0.5, 0.6) is 0 Å². The highest BCUT2D eigenvalue weighted by molar-refractivity contribution is 7.58. The Morgan fingerprint density at radius 2 is 1.48 bits per heavy atom. The number of ether oxygens (including phenoxy) is 2. The fourth-order valence-corrected chi connectivity index (χ4v) is 6.23.